The Kier molecular flexibility index (Phi) is 7.45. The second-order valence-electron chi connectivity index (χ2n) is 11.7. The molecular formula is C27H48O. The van der Waals surface area contributed by atoms with Crippen molar-refractivity contribution >= 4 is 0 Å². The molecule has 0 saturated heterocycles. The van der Waals surface area contributed by atoms with E-state index in [-0.39, 0.29) is 0 Å². The van der Waals surface area contributed by atoms with Crippen LogP contribution in [0.15, 0.2) is 0 Å². The Hall–Kier alpha value is -0.0400. The van der Waals surface area contributed by atoms with Gasteiger partial charge in [0.1, 0.15) is 0 Å². The average molecular weight is 389 g/mol. The van der Waals surface area contributed by atoms with E-state index in [1.807, 2.05) is 0 Å². The highest BCUT2D eigenvalue weighted by molar-refractivity contribution is 4.99. The third-order valence-corrected chi connectivity index (χ3v) is 9.43. The van der Waals surface area contributed by atoms with Crippen LogP contribution in [0.1, 0.15) is 129 Å². The SMILES string of the molecule is CC(C)C1CCC(C2(CCCC3CCCC(OC4CCCCC4)C3)CC2)CC1. The van der Waals surface area contributed by atoms with Crippen molar-refractivity contribution in [3.8, 4) is 0 Å². The first-order chi connectivity index (χ1) is 13.6. The van der Waals surface area contributed by atoms with Crippen molar-refractivity contribution in [3.63, 3.8) is 0 Å². The van der Waals surface area contributed by atoms with Crippen LogP contribution in [0.2, 0.25) is 0 Å². The minimum atomic E-state index is 0.600. The monoisotopic (exact) mass is 388 g/mol. The second kappa shape index (κ2) is 9.84. The lowest BCUT2D eigenvalue weighted by molar-refractivity contribution is -0.0552. The number of ether oxygens (including phenoxy) is 1. The van der Waals surface area contributed by atoms with Crippen molar-refractivity contribution in [2.24, 2.45) is 29.1 Å². The quantitative estimate of drug-likeness (QED) is 0.406. The Morgan fingerprint density at radius 3 is 2.18 bits per heavy atom. The van der Waals surface area contributed by atoms with Gasteiger partial charge in [-0.15, -0.1) is 0 Å². The fourth-order valence-corrected chi connectivity index (χ4v) is 7.26. The van der Waals surface area contributed by atoms with Gasteiger partial charge in [-0.05, 0) is 99.7 Å². The second-order valence-corrected chi connectivity index (χ2v) is 11.7. The molecule has 1 heteroatoms. The highest BCUT2D eigenvalue weighted by Gasteiger charge is 2.49. The highest BCUT2D eigenvalue weighted by Crippen LogP contribution is 2.60. The van der Waals surface area contributed by atoms with Gasteiger partial charge in [-0.3, -0.25) is 0 Å². The topological polar surface area (TPSA) is 9.23 Å². The predicted molar refractivity (Wildman–Crippen MR) is 120 cm³/mol. The standard InChI is InChI=1S/C27H48O/c1-21(2)23-13-15-24(16-14-23)27(18-19-27)17-7-9-22-8-6-12-26(20-22)28-25-10-4-3-5-11-25/h21-26H,3-20H2,1-2H3. The average Bonchev–Trinajstić information content (AvgIpc) is 3.50. The molecule has 4 rings (SSSR count). The summed E-state index contributed by atoms with van der Waals surface area (Å²) in [5.41, 5.74) is 0.800. The first kappa shape index (κ1) is 21.2. The zero-order valence-electron chi connectivity index (χ0n) is 19.1. The fourth-order valence-electron chi connectivity index (χ4n) is 7.26. The van der Waals surface area contributed by atoms with Crippen molar-refractivity contribution in [2.45, 2.75) is 142 Å². The molecule has 0 amide bonds. The third kappa shape index (κ3) is 5.55. The third-order valence-electron chi connectivity index (χ3n) is 9.43. The zero-order valence-corrected chi connectivity index (χ0v) is 19.1. The largest absolute Gasteiger partial charge is 0.375 e. The lowest BCUT2D eigenvalue weighted by Gasteiger charge is -2.36. The minimum absolute atomic E-state index is 0.600. The Morgan fingerprint density at radius 2 is 1.50 bits per heavy atom. The molecule has 0 radical (unpaired) electrons. The molecule has 162 valence electrons. The molecule has 4 aliphatic rings. The normalized spacial score (nSPS) is 36.5. The van der Waals surface area contributed by atoms with Gasteiger partial charge in [0.05, 0.1) is 12.2 Å². The molecule has 0 aromatic carbocycles. The van der Waals surface area contributed by atoms with Gasteiger partial charge in [0.15, 0.2) is 0 Å². The van der Waals surface area contributed by atoms with Crippen LogP contribution in [0.5, 0.6) is 0 Å². The van der Waals surface area contributed by atoms with E-state index in [4.69, 9.17) is 4.74 Å². The van der Waals surface area contributed by atoms with Crippen molar-refractivity contribution in [1.82, 2.24) is 0 Å². The van der Waals surface area contributed by atoms with E-state index in [2.05, 4.69) is 13.8 Å². The van der Waals surface area contributed by atoms with Gasteiger partial charge in [-0.1, -0.05) is 58.8 Å². The fraction of sp³-hybridized carbons (Fsp3) is 1.00. The summed E-state index contributed by atoms with van der Waals surface area (Å²) in [6.07, 6.45) is 27.5. The molecule has 0 aromatic rings. The summed E-state index contributed by atoms with van der Waals surface area (Å²) in [5, 5.41) is 0. The summed E-state index contributed by atoms with van der Waals surface area (Å²) >= 11 is 0. The lowest BCUT2D eigenvalue weighted by atomic mass is 9.69. The van der Waals surface area contributed by atoms with Crippen LogP contribution >= 0.6 is 0 Å². The van der Waals surface area contributed by atoms with Crippen molar-refractivity contribution < 1.29 is 4.74 Å². The molecule has 28 heavy (non-hydrogen) atoms. The molecule has 2 unspecified atom stereocenters. The van der Waals surface area contributed by atoms with Crippen LogP contribution in [0.4, 0.5) is 0 Å². The summed E-state index contributed by atoms with van der Waals surface area (Å²) < 4.78 is 6.55. The molecule has 0 heterocycles. The number of hydrogen-bond donors (Lipinski definition) is 0. The molecule has 4 fully saturated rings. The maximum absolute atomic E-state index is 6.55. The minimum Gasteiger partial charge on any atom is -0.375 e. The molecule has 0 N–H and O–H groups in total. The smallest absolute Gasteiger partial charge is 0.0581 e. The van der Waals surface area contributed by atoms with Gasteiger partial charge >= 0.3 is 0 Å². The van der Waals surface area contributed by atoms with Gasteiger partial charge in [0, 0.05) is 0 Å². The molecule has 2 atom stereocenters. The Labute approximate surface area is 175 Å². The Balaban J connectivity index is 1.15. The molecule has 1 nitrogen and oxygen atoms in total. The molecule has 4 saturated carbocycles. The molecular weight excluding hydrogens is 340 g/mol. The van der Waals surface area contributed by atoms with Crippen molar-refractivity contribution in [2.75, 3.05) is 0 Å². The highest BCUT2D eigenvalue weighted by atomic mass is 16.5. The van der Waals surface area contributed by atoms with E-state index >= 15 is 0 Å². The first-order valence-electron chi connectivity index (χ1n) is 13.3. The molecule has 4 aliphatic carbocycles. The van der Waals surface area contributed by atoms with Crippen LogP contribution < -0.4 is 0 Å². The first-order valence-corrected chi connectivity index (χ1v) is 13.3. The Morgan fingerprint density at radius 1 is 0.786 bits per heavy atom. The zero-order chi connectivity index (χ0) is 19.4. The summed E-state index contributed by atoms with van der Waals surface area (Å²) in [6.45, 7) is 4.88. The van der Waals surface area contributed by atoms with Gasteiger partial charge in [-0.2, -0.15) is 0 Å². The van der Waals surface area contributed by atoms with E-state index in [0.29, 0.717) is 12.2 Å². The van der Waals surface area contributed by atoms with E-state index in [0.717, 1.165) is 29.1 Å². The maximum Gasteiger partial charge on any atom is 0.0581 e. The van der Waals surface area contributed by atoms with Crippen LogP contribution in [0.3, 0.4) is 0 Å². The van der Waals surface area contributed by atoms with E-state index in [9.17, 15) is 0 Å². The predicted octanol–water partition coefficient (Wildman–Crippen LogP) is 8.31. The van der Waals surface area contributed by atoms with Crippen LogP contribution in [0, 0.1) is 29.1 Å². The van der Waals surface area contributed by atoms with Gasteiger partial charge in [-0.25, -0.2) is 0 Å². The molecule has 0 spiro atoms. The molecule has 0 aliphatic heterocycles. The summed E-state index contributed by atoms with van der Waals surface area (Å²) in [7, 11) is 0. The van der Waals surface area contributed by atoms with Crippen LogP contribution in [0.25, 0.3) is 0 Å². The van der Waals surface area contributed by atoms with E-state index < -0.39 is 0 Å². The maximum atomic E-state index is 6.55. The van der Waals surface area contributed by atoms with Crippen molar-refractivity contribution in [3.05, 3.63) is 0 Å². The molecule has 0 aromatic heterocycles. The summed E-state index contributed by atoms with van der Waals surface area (Å²) in [4.78, 5) is 0. The van der Waals surface area contributed by atoms with E-state index in [1.54, 1.807) is 32.1 Å². The number of hydrogen-bond acceptors (Lipinski definition) is 1. The van der Waals surface area contributed by atoms with E-state index in [1.165, 1.54) is 83.5 Å². The van der Waals surface area contributed by atoms with Gasteiger partial charge in [0.2, 0.25) is 0 Å². The lowest BCUT2D eigenvalue weighted by Crippen LogP contribution is -2.29. The molecule has 0 bridgehead atoms. The Bertz CT molecular complexity index is 451. The van der Waals surface area contributed by atoms with Crippen LogP contribution in [-0.2, 0) is 4.74 Å². The van der Waals surface area contributed by atoms with Crippen molar-refractivity contribution in [1.29, 1.82) is 0 Å². The van der Waals surface area contributed by atoms with Crippen LogP contribution in [-0.4, -0.2) is 12.2 Å². The number of rotatable bonds is 8. The summed E-state index contributed by atoms with van der Waals surface area (Å²) in [5.74, 6) is 3.98. The summed E-state index contributed by atoms with van der Waals surface area (Å²) in [6, 6.07) is 0. The van der Waals surface area contributed by atoms with Gasteiger partial charge in [0.25, 0.3) is 0 Å². The van der Waals surface area contributed by atoms with Gasteiger partial charge < -0.3 is 4.74 Å².